The predicted octanol–water partition coefficient (Wildman–Crippen LogP) is 2.40. The summed E-state index contributed by atoms with van der Waals surface area (Å²) < 4.78 is 0. The molecule has 0 radical (unpaired) electrons. The van der Waals surface area contributed by atoms with Crippen LogP contribution >= 0.6 is 11.3 Å². The molecule has 1 amide bonds. The third-order valence-electron chi connectivity index (χ3n) is 2.63. The van der Waals surface area contributed by atoms with E-state index in [9.17, 15) is 9.90 Å². The zero-order valence-electron chi connectivity index (χ0n) is 9.80. The van der Waals surface area contributed by atoms with Crippen molar-refractivity contribution in [3.8, 4) is 11.5 Å². The normalized spacial score (nSPS) is 10.3. The van der Waals surface area contributed by atoms with Crippen molar-refractivity contribution in [2.24, 2.45) is 0 Å². The summed E-state index contributed by atoms with van der Waals surface area (Å²) in [4.78, 5) is 11.8. The molecule has 18 heavy (non-hydrogen) atoms. The Labute approximate surface area is 109 Å². The minimum atomic E-state index is -0.363. The van der Waals surface area contributed by atoms with Crippen LogP contribution in [0.15, 0.2) is 29.0 Å². The minimum Gasteiger partial charge on any atom is -0.508 e. The number of carbonyl (C=O) groups excluding carboxylic acids is 1. The largest absolute Gasteiger partial charge is 0.508 e. The van der Waals surface area contributed by atoms with Crippen molar-refractivity contribution in [2.45, 2.75) is 13.5 Å². The summed E-state index contributed by atoms with van der Waals surface area (Å²) in [5.74, 6) is -0.662. The zero-order chi connectivity index (χ0) is 13.1. The Kier molecular flexibility index (Phi) is 3.53. The molecule has 0 aliphatic carbocycles. The fraction of sp³-hybridized carbons (Fsp3) is 0.154. The topological polar surface area (TPSA) is 69.6 Å². The van der Waals surface area contributed by atoms with Crippen molar-refractivity contribution in [1.29, 1.82) is 0 Å². The van der Waals surface area contributed by atoms with E-state index in [2.05, 4.69) is 5.32 Å². The molecule has 0 atom stereocenters. The van der Waals surface area contributed by atoms with Crippen LogP contribution < -0.4 is 5.32 Å². The number of benzene rings is 1. The molecule has 0 saturated heterocycles. The van der Waals surface area contributed by atoms with Crippen molar-refractivity contribution >= 4 is 17.2 Å². The summed E-state index contributed by atoms with van der Waals surface area (Å²) in [6.07, 6.45) is 0. The number of aryl methyl sites for hydroxylation is 1. The number of thiophene rings is 1. The molecule has 0 saturated carbocycles. The van der Waals surface area contributed by atoms with Crippen LogP contribution in [0.5, 0.6) is 11.5 Å². The molecular formula is C13H13NO3S. The first-order valence-corrected chi connectivity index (χ1v) is 6.34. The number of carbonyl (C=O) groups is 1. The molecule has 4 nitrogen and oxygen atoms in total. The van der Waals surface area contributed by atoms with Gasteiger partial charge in [-0.1, -0.05) is 0 Å². The van der Waals surface area contributed by atoms with E-state index in [0.29, 0.717) is 6.54 Å². The summed E-state index contributed by atoms with van der Waals surface area (Å²) in [5, 5.41) is 25.4. The number of phenols is 2. The first-order valence-electron chi connectivity index (χ1n) is 5.40. The first-order chi connectivity index (χ1) is 8.58. The van der Waals surface area contributed by atoms with Gasteiger partial charge in [0.2, 0.25) is 0 Å². The second-order valence-electron chi connectivity index (χ2n) is 3.96. The van der Waals surface area contributed by atoms with Crippen LogP contribution in [0.1, 0.15) is 21.5 Å². The van der Waals surface area contributed by atoms with E-state index >= 15 is 0 Å². The molecule has 1 heterocycles. The van der Waals surface area contributed by atoms with Crippen LogP contribution in [-0.2, 0) is 6.54 Å². The van der Waals surface area contributed by atoms with E-state index in [1.165, 1.54) is 12.1 Å². The van der Waals surface area contributed by atoms with E-state index in [1.807, 2.05) is 17.7 Å². The Balaban J connectivity index is 2.06. The number of amides is 1. The molecule has 0 fully saturated rings. The lowest BCUT2D eigenvalue weighted by Gasteiger charge is -2.07. The van der Waals surface area contributed by atoms with Crippen LogP contribution in [0.3, 0.4) is 0 Å². The molecule has 94 valence electrons. The van der Waals surface area contributed by atoms with Crippen LogP contribution in [0, 0.1) is 6.92 Å². The van der Waals surface area contributed by atoms with E-state index in [-0.39, 0.29) is 23.0 Å². The van der Waals surface area contributed by atoms with Gasteiger partial charge in [-0.05, 0) is 40.9 Å². The van der Waals surface area contributed by atoms with Crippen LogP contribution in [0.4, 0.5) is 0 Å². The summed E-state index contributed by atoms with van der Waals surface area (Å²) in [6, 6.07) is 3.90. The highest BCUT2D eigenvalue weighted by Gasteiger charge is 2.11. The third-order valence-corrected chi connectivity index (χ3v) is 3.54. The van der Waals surface area contributed by atoms with Crippen LogP contribution in [-0.4, -0.2) is 16.1 Å². The van der Waals surface area contributed by atoms with Crippen molar-refractivity contribution in [3.05, 3.63) is 45.6 Å². The highest BCUT2D eigenvalue weighted by molar-refractivity contribution is 7.08. The van der Waals surface area contributed by atoms with E-state index in [0.717, 1.165) is 17.2 Å². The number of nitrogens with one attached hydrogen (secondary N) is 1. The Morgan fingerprint density at radius 3 is 2.72 bits per heavy atom. The van der Waals surface area contributed by atoms with Gasteiger partial charge in [-0.2, -0.15) is 11.3 Å². The molecule has 0 aliphatic heterocycles. The molecule has 2 aromatic rings. The van der Waals surface area contributed by atoms with Gasteiger partial charge >= 0.3 is 0 Å². The Morgan fingerprint density at radius 2 is 2.11 bits per heavy atom. The molecule has 5 heteroatoms. The second-order valence-corrected chi connectivity index (χ2v) is 4.71. The molecular weight excluding hydrogens is 250 g/mol. The van der Waals surface area contributed by atoms with Gasteiger partial charge in [0.05, 0.1) is 5.56 Å². The van der Waals surface area contributed by atoms with E-state index in [1.54, 1.807) is 11.3 Å². The van der Waals surface area contributed by atoms with Gasteiger partial charge in [0.15, 0.2) is 0 Å². The second kappa shape index (κ2) is 5.10. The van der Waals surface area contributed by atoms with Crippen LogP contribution in [0.2, 0.25) is 0 Å². The molecule has 3 N–H and O–H groups in total. The smallest absolute Gasteiger partial charge is 0.255 e. The molecule has 0 unspecified atom stereocenters. The molecule has 0 bridgehead atoms. The summed E-state index contributed by atoms with van der Waals surface area (Å²) in [7, 11) is 0. The fourth-order valence-electron chi connectivity index (χ4n) is 1.55. The summed E-state index contributed by atoms with van der Waals surface area (Å²) >= 11 is 1.59. The zero-order valence-corrected chi connectivity index (χ0v) is 10.6. The number of phenolic OH excluding ortho intramolecular Hbond substituents is 2. The Bertz CT molecular complexity index is 577. The van der Waals surface area contributed by atoms with Gasteiger partial charge in [-0.15, -0.1) is 0 Å². The first kappa shape index (κ1) is 12.4. The van der Waals surface area contributed by atoms with E-state index in [4.69, 9.17) is 5.11 Å². The Morgan fingerprint density at radius 1 is 1.33 bits per heavy atom. The van der Waals surface area contributed by atoms with E-state index < -0.39 is 0 Å². The lowest BCUT2D eigenvalue weighted by Crippen LogP contribution is -2.22. The average molecular weight is 263 g/mol. The number of hydrogen-bond donors (Lipinski definition) is 3. The predicted molar refractivity (Wildman–Crippen MR) is 70.0 cm³/mol. The summed E-state index contributed by atoms with van der Waals surface area (Å²) in [5.41, 5.74) is 2.35. The average Bonchev–Trinajstić information content (AvgIpc) is 2.72. The maximum Gasteiger partial charge on any atom is 0.255 e. The molecule has 2 rings (SSSR count). The molecule has 1 aromatic carbocycles. The lowest BCUT2D eigenvalue weighted by atomic mass is 10.1. The van der Waals surface area contributed by atoms with Crippen molar-refractivity contribution < 1.29 is 15.0 Å². The third kappa shape index (κ3) is 2.62. The van der Waals surface area contributed by atoms with Crippen LogP contribution in [0.25, 0.3) is 0 Å². The molecule has 1 aromatic heterocycles. The van der Waals surface area contributed by atoms with Gasteiger partial charge in [0.25, 0.3) is 5.91 Å². The number of aromatic hydroxyl groups is 2. The van der Waals surface area contributed by atoms with Gasteiger partial charge in [-0.25, -0.2) is 0 Å². The monoisotopic (exact) mass is 263 g/mol. The molecule has 0 spiro atoms. The SMILES string of the molecule is Cc1cscc1CNC(=O)c1ccc(O)cc1O. The standard InChI is InChI=1S/C13H13NO3S/c1-8-6-18-7-9(8)5-14-13(17)11-3-2-10(15)4-12(11)16/h2-4,6-7,15-16H,5H2,1H3,(H,14,17). The van der Waals surface area contributed by atoms with Gasteiger partial charge in [0.1, 0.15) is 11.5 Å². The summed E-state index contributed by atoms with van der Waals surface area (Å²) in [6.45, 7) is 2.41. The lowest BCUT2D eigenvalue weighted by molar-refractivity contribution is 0.0948. The molecule has 0 aliphatic rings. The minimum absolute atomic E-state index is 0.0715. The van der Waals surface area contributed by atoms with Crippen molar-refractivity contribution in [3.63, 3.8) is 0 Å². The number of hydrogen-bond acceptors (Lipinski definition) is 4. The van der Waals surface area contributed by atoms with Gasteiger partial charge < -0.3 is 15.5 Å². The number of rotatable bonds is 3. The Hall–Kier alpha value is -2.01. The maximum absolute atomic E-state index is 11.8. The van der Waals surface area contributed by atoms with Crippen molar-refractivity contribution in [2.75, 3.05) is 0 Å². The quantitative estimate of drug-likeness (QED) is 0.796. The maximum atomic E-state index is 11.8. The highest BCUT2D eigenvalue weighted by atomic mass is 32.1. The highest BCUT2D eigenvalue weighted by Crippen LogP contribution is 2.22. The van der Waals surface area contributed by atoms with Gasteiger partial charge in [0, 0.05) is 12.6 Å². The van der Waals surface area contributed by atoms with Gasteiger partial charge in [-0.3, -0.25) is 4.79 Å². The fourth-order valence-corrected chi connectivity index (χ4v) is 2.41. The van der Waals surface area contributed by atoms with Crippen molar-refractivity contribution in [1.82, 2.24) is 5.32 Å².